The Morgan fingerprint density at radius 2 is 2.00 bits per heavy atom. The van der Waals surface area contributed by atoms with Crippen LogP contribution < -0.4 is 5.43 Å². The number of imidazole rings is 1. The molecule has 3 rings (SSSR count). The highest BCUT2D eigenvalue weighted by Crippen LogP contribution is 2.11. The van der Waals surface area contributed by atoms with E-state index in [2.05, 4.69) is 10.4 Å². The third-order valence-corrected chi connectivity index (χ3v) is 3.03. The van der Waals surface area contributed by atoms with E-state index in [-0.39, 0.29) is 6.03 Å². The van der Waals surface area contributed by atoms with Crippen molar-refractivity contribution in [2.75, 3.05) is 13.1 Å². The van der Waals surface area contributed by atoms with Crippen LogP contribution in [0.25, 0.3) is 11.0 Å². The molecule has 1 amide bonds. The summed E-state index contributed by atoms with van der Waals surface area (Å²) in [5, 5.41) is 1.96. The predicted molar refractivity (Wildman–Crippen MR) is 64.5 cm³/mol. The minimum Gasteiger partial charge on any atom is -0.270 e. The number of para-hydroxylation sites is 2. The number of carbonyl (C=O) groups is 1. The molecule has 0 aliphatic carbocycles. The summed E-state index contributed by atoms with van der Waals surface area (Å²) in [6.45, 7) is 1.86. The van der Waals surface area contributed by atoms with E-state index in [9.17, 15) is 4.79 Å². The second kappa shape index (κ2) is 4.18. The average molecular weight is 230 g/mol. The molecule has 5 heteroatoms. The van der Waals surface area contributed by atoms with E-state index in [1.54, 1.807) is 10.9 Å². The second-order valence-electron chi connectivity index (χ2n) is 4.21. The predicted octanol–water partition coefficient (Wildman–Crippen LogP) is 1.60. The summed E-state index contributed by atoms with van der Waals surface area (Å²) >= 11 is 0. The van der Waals surface area contributed by atoms with Crippen molar-refractivity contribution in [3.8, 4) is 0 Å². The summed E-state index contributed by atoms with van der Waals surface area (Å²) in [7, 11) is 0. The number of amides is 1. The smallest absolute Gasteiger partial charge is 0.270 e. The van der Waals surface area contributed by atoms with Crippen molar-refractivity contribution in [2.24, 2.45) is 0 Å². The lowest BCUT2D eigenvalue weighted by atomic mass is 10.3. The summed E-state index contributed by atoms with van der Waals surface area (Å²) in [5.41, 5.74) is 4.57. The molecule has 1 aromatic heterocycles. The van der Waals surface area contributed by atoms with Gasteiger partial charge in [-0.15, -0.1) is 0 Å². The number of fused-ring (bicyclic) bond motifs is 1. The van der Waals surface area contributed by atoms with E-state index in [0.717, 1.165) is 37.0 Å². The van der Waals surface area contributed by atoms with E-state index in [1.165, 1.54) is 0 Å². The molecule has 88 valence electrons. The summed E-state index contributed by atoms with van der Waals surface area (Å²) in [5.74, 6) is 0. The van der Waals surface area contributed by atoms with Crippen LogP contribution in [0, 0.1) is 0 Å². The maximum atomic E-state index is 12.0. The Labute approximate surface area is 99.0 Å². The van der Waals surface area contributed by atoms with Crippen LogP contribution in [0.5, 0.6) is 0 Å². The number of nitrogens with zero attached hydrogens (tertiary/aromatic N) is 3. The summed E-state index contributed by atoms with van der Waals surface area (Å²) < 4.78 is 1.55. The van der Waals surface area contributed by atoms with Gasteiger partial charge in [0.2, 0.25) is 0 Å². The van der Waals surface area contributed by atoms with Crippen molar-refractivity contribution < 1.29 is 4.79 Å². The highest BCUT2D eigenvalue weighted by molar-refractivity contribution is 5.88. The molecule has 0 unspecified atom stereocenters. The van der Waals surface area contributed by atoms with Gasteiger partial charge < -0.3 is 0 Å². The molecule has 0 atom stereocenters. The Morgan fingerprint density at radius 1 is 1.24 bits per heavy atom. The van der Waals surface area contributed by atoms with Gasteiger partial charge in [0, 0.05) is 13.1 Å². The number of hydrazine groups is 1. The van der Waals surface area contributed by atoms with Crippen LogP contribution in [0.4, 0.5) is 4.79 Å². The molecule has 1 aromatic carbocycles. The van der Waals surface area contributed by atoms with Gasteiger partial charge >= 0.3 is 6.03 Å². The molecule has 1 fully saturated rings. The molecule has 0 radical (unpaired) electrons. The molecule has 1 aliphatic heterocycles. The van der Waals surface area contributed by atoms with Gasteiger partial charge in [-0.1, -0.05) is 12.1 Å². The maximum Gasteiger partial charge on any atom is 0.341 e. The fourth-order valence-electron chi connectivity index (χ4n) is 2.14. The van der Waals surface area contributed by atoms with Crippen LogP contribution in [-0.2, 0) is 0 Å². The quantitative estimate of drug-likeness (QED) is 0.809. The topological polar surface area (TPSA) is 50.2 Å². The van der Waals surface area contributed by atoms with Crippen molar-refractivity contribution in [1.82, 2.24) is 20.0 Å². The Balaban J connectivity index is 1.85. The van der Waals surface area contributed by atoms with Crippen molar-refractivity contribution in [3.05, 3.63) is 30.6 Å². The number of rotatable bonds is 1. The molecule has 2 heterocycles. The van der Waals surface area contributed by atoms with E-state index < -0.39 is 0 Å². The van der Waals surface area contributed by atoms with Gasteiger partial charge in [0.25, 0.3) is 0 Å². The molecular weight excluding hydrogens is 216 g/mol. The van der Waals surface area contributed by atoms with Crippen LogP contribution in [0.3, 0.4) is 0 Å². The lowest BCUT2D eigenvalue weighted by molar-refractivity contribution is 0.200. The Bertz CT molecular complexity index is 542. The van der Waals surface area contributed by atoms with Gasteiger partial charge in [0.05, 0.1) is 11.0 Å². The van der Waals surface area contributed by atoms with Gasteiger partial charge in [-0.25, -0.2) is 19.4 Å². The standard InChI is InChI=1S/C12H14N4O/c17-12(14-15-7-3-4-8-15)16-9-13-10-5-1-2-6-11(10)16/h1-2,5-6,9H,3-4,7-8H2,(H,14,17). The molecular formula is C12H14N4O. The minimum absolute atomic E-state index is 0.138. The van der Waals surface area contributed by atoms with Crippen LogP contribution in [0.1, 0.15) is 12.8 Å². The zero-order valence-electron chi connectivity index (χ0n) is 9.47. The lowest BCUT2D eigenvalue weighted by Gasteiger charge is -2.16. The molecule has 5 nitrogen and oxygen atoms in total. The van der Waals surface area contributed by atoms with Crippen molar-refractivity contribution in [1.29, 1.82) is 0 Å². The number of nitrogens with one attached hydrogen (secondary N) is 1. The Kier molecular flexibility index (Phi) is 2.53. The number of hydrogen-bond donors (Lipinski definition) is 1. The Morgan fingerprint density at radius 3 is 2.82 bits per heavy atom. The first-order valence-electron chi connectivity index (χ1n) is 5.82. The number of benzene rings is 1. The molecule has 1 aliphatic rings. The Hall–Kier alpha value is -1.88. The van der Waals surface area contributed by atoms with E-state index >= 15 is 0 Å². The maximum absolute atomic E-state index is 12.0. The zero-order chi connectivity index (χ0) is 11.7. The molecule has 1 saturated heterocycles. The summed E-state index contributed by atoms with van der Waals surface area (Å²) in [6.07, 6.45) is 3.85. The first-order chi connectivity index (χ1) is 8.34. The monoisotopic (exact) mass is 230 g/mol. The molecule has 2 aromatic rings. The van der Waals surface area contributed by atoms with Gasteiger partial charge in [0.1, 0.15) is 6.33 Å². The molecule has 1 N–H and O–H groups in total. The highest BCUT2D eigenvalue weighted by atomic mass is 16.2. The first kappa shape index (κ1) is 10.3. The SMILES string of the molecule is O=C(NN1CCCC1)n1cnc2ccccc21. The largest absolute Gasteiger partial charge is 0.341 e. The van der Waals surface area contributed by atoms with Gasteiger partial charge in [0.15, 0.2) is 0 Å². The molecule has 0 bridgehead atoms. The normalized spacial score (nSPS) is 16.5. The second-order valence-corrected chi connectivity index (χ2v) is 4.21. The van der Waals surface area contributed by atoms with Gasteiger partial charge in [-0.05, 0) is 25.0 Å². The van der Waals surface area contributed by atoms with Crippen LogP contribution in [-0.4, -0.2) is 33.7 Å². The molecule has 17 heavy (non-hydrogen) atoms. The zero-order valence-corrected chi connectivity index (χ0v) is 9.47. The molecule has 0 saturated carbocycles. The summed E-state index contributed by atoms with van der Waals surface area (Å²) in [6, 6.07) is 7.48. The van der Waals surface area contributed by atoms with Gasteiger partial charge in [-0.3, -0.25) is 5.43 Å². The molecule has 0 spiro atoms. The first-order valence-corrected chi connectivity index (χ1v) is 5.82. The van der Waals surface area contributed by atoms with Crippen LogP contribution in [0.15, 0.2) is 30.6 Å². The van der Waals surface area contributed by atoms with Crippen LogP contribution >= 0.6 is 0 Å². The van der Waals surface area contributed by atoms with E-state index in [4.69, 9.17) is 0 Å². The third-order valence-electron chi connectivity index (χ3n) is 3.03. The van der Waals surface area contributed by atoms with Gasteiger partial charge in [-0.2, -0.15) is 0 Å². The van der Waals surface area contributed by atoms with E-state index in [0.29, 0.717) is 0 Å². The lowest BCUT2D eigenvalue weighted by Crippen LogP contribution is -2.42. The highest BCUT2D eigenvalue weighted by Gasteiger charge is 2.16. The number of aromatic nitrogens is 2. The number of hydrogen-bond acceptors (Lipinski definition) is 3. The minimum atomic E-state index is -0.138. The third kappa shape index (κ3) is 1.89. The van der Waals surface area contributed by atoms with Crippen molar-refractivity contribution in [2.45, 2.75) is 12.8 Å². The summed E-state index contributed by atoms with van der Waals surface area (Å²) in [4.78, 5) is 16.2. The fraction of sp³-hybridized carbons (Fsp3) is 0.333. The van der Waals surface area contributed by atoms with Crippen molar-refractivity contribution >= 4 is 17.1 Å². The van der Waals surface area contributed by atoms with Crippen molar-refractivity contribution in [3.63, 3.8) is 0 Å². The number of carbonyl (C=O) groups excluding carboxylic acids is 1. The van der Waals surface area contributed by atoms with E-state index in [1.807, 2.05) is 29.3 Å². The van der Waals surface area contributed by atoms with Crippen LogP contribution in [0.2, 0.25) is 0 Å². The average Bonchev–Trinajstić information content (AvgIpc) is 2.96. The fourth-order valence-corrected chi connectivity index (χ4v) is 2.14.